The highest BCUT2D eigenvalue weighted by molar-refractivity contribution is 6.30. The van der Waals surface area contributed by atoms with Crippen LogP contribution in [0.1, 0.15) is 35.9 Å². The van der Waals surface area contributed by atoms with Crippen molar-refractivity contribution in [3.63, 3.8) is 0 Å². The molecule has 1 aromatic heterocycles. The lowest BCUT2D eigenvalue weighted by molar-refractivity contribution is -0.131. The summed E-state index contributed by atoms with van der Waals surface area (Å²) in [6.45, 7) is 1.72. The lowest BCUT2D eigenvalue weighted by Gasteiger charge is -2.23. The second-order valence-electron chi connectivity index (χ2n) is 7.91. The average molecular weight is 422 g/mol. The first-order chi connectivity index (χ1) is 14.4. The molecule has 1 N–H and O–H groups in total. The highest BCUT2D eigenvalue weighted by atomic mass is 35.5. The molecular weight excluding hydrogens is 402 g/mol. The first-order valence-corrected chi connectivity index (χ1v) is 10.3. The predicted molar refractivity (Wildman–Crippen MR) is 112 cm³/mol. The molecule has 1 aliphatic heterocycles. The number of benzene rings is 2. The molecule has 2 aromatic carbocycles. The van der Waals surface area contributed by atoms with Crippen LogP contribution in [0, 0.1) is 0 Å². The number of fused-ring (bicyclic) bond motifs is 1. The standard InChI is InChI=1S/C23H20ClN3O3/c1-23(17-8-5-14-3-2-4-16(14)11-17)21(28)27(22(29)26-23)13-20-25-12-19(30-20)15-6-9-18(24)10-7-15/h5-12H,2-4,13H2,1H3,(H,26,29). The summed E-state index contributed by atoms with van der Waals surface area (Å²) >= 11 is 5.92. The Morgan fingerprint density at radius 2 is 1.90 bits per heavy atom. The molecule has 6 nitrogen and oxygen atoms in total. The zero-order valence-corrected chi connectivity index (χ0v) is 17.2. The van der Waals surface area contributed by atoms with E-state index >= 15 is 0 Å². The van der Waals surface area contributed by atoms with Gasteiger partial charge in [0.15, 0.2) is 5.76 Å². The summed E-state index contributed by atoms with van der Waals surface area (Å²) in [4.78, 5) is 31.3. The van der Waals surface area contributed by atoms with Gasteiger partial charge >= 0.3 is 6.03 Å². The monoisotopic (exact) mass is 421 g/mol. The molecule has 30 heavy (non-hydrogen) atoms. The van der Waals surface area contributed by atoms with Gasteiger partial charge in [0.05, 0.1) is 6.20 Å². The number of urea groups is 1. The van der Waals surface area contributed by atoms with Crippen LogP contribution in [-0.2, 0) is 29.7 Å². The molecule has 0 bridgehead atoms. The number of nitrogens with one attached hydrogen (secondary N) is 1. The third-order valence-corrected chi connectivity index (χ3v) is 6.18. The molecule has 152 valence electrons. The van der Waals surface area contributed by atoms with Crippen molar-refractivity contribution in [3.8, 4) is 11.3 Å². The van der Waals surface area contributed by atoms with Crippen LogP contribution in [0.15, 0.2) is 53.1 Å². The molecule has 3 amide bonds. The van der Waals surface area contributed by atoms with Gasteiger partial charge in [0.2, 0.25) is 5.89 Å². The summed E-state index contributed by atoms with van der Waals surface area (Å²) in [5.41, 5.74) is 3.11. The van der Waals surface area contributed by atoms with Crippen molar-refractivity contribution in [1.82, 2.24) is 15.2 Å². The van der Waals surface area contributed by atoms with Crippen molar-refractivity contribution in [2.75, 3.05) is 0 Å². The number of aryl methyl sites for hydroxylation is 2. The molecule has 5 rings (SSSR count). The summed E-state index contributed by atoms with van der Waals surface area (Å²) < 4.78 is 5.77. The van der Waals surface area contributed by atoms with E-state index in [9.17, 15) is 9.59 Å². The van der Waals surface area contributed by atoms with Crippen LogP contribution in [0.3, 0.4) is 0 Å². The van der Waals surface area contributed by atoms with Gasteiger partial charge in [-0.15, -0.1) is 0 Å². The van der Waals surface area contributed by atoms with Gasteiger partial charge < -0.3 is 9.73 Å². The van der Waals surface area contributed by atoms with Gasteiger partial charge in [0, 0.05) is 10.6 Å². The number of rotatable bonds is 4. The zero-order chi connectivity index (χ0) is 20.9. The van der Waals surface area contributed by atoms with E-state index in [1.807, 2.05) is 24.3 Å². The maximum atomic E-state index is 13.2. The summed E-state index contributed by atoms with van der Waals surface area (Å²) in [6, 6.07) is 12.8. The predicted octanol–water partition coefficient (Wildman–Crippen LogP) is 4.45. The topological polar surface area (TPSA) is 75.4 Å². The van der Waals surface area contributed by atoms with Crippen molar-refractivity contribution < 1.29 is 14.0 Å². The first-order valence-electron chi connectivity index (χ1n) is 9.91. The Morgan fingerprint density at radius 3 is 2.70 bits per heavy atom. The van der Waals surface area contributed by atoms with Gasteiger partial charge in [0.25, 0.3) is 5.91 Å². The molecule has 7 heteroatoms. The molecule has 0 saturated carbocycles. The minimum absolute atomic E-state index is 0.0290. The van der Waals surface area contributed by atoms with Gasteiger partial charge in [-0.25, -0.2) is 9.78 Å². The largest absolute Gasteiger partial charge is 0.439 e. The summed E-state index contributed by atoms with van der Waals surface area (Å²) in [7, 11) is 0. The lowest BCUT2D eigenvalue weighted by Crippen LogP contribution is -2.41. The van der Waals surface area contributed by atoms with Crippen LogP contribution in [0.5, 0.6) is 0 Å². The first kappa shape index (κ1) is 18.9. The van der Waals surface area contributed by atoms with Crippen molar-refractivity contribution in [2.24, 2.45) is 0 Å². The van der Waals surface area contributed by atoms with E-state index in [-0.39, 0.29) is 12.5 Å². The molecule has 0 radical (unpaired) electrons. The van der Waals surface area contributed by atoms with Crippen LogP contribution in [0.4, 0.5) is 4.79 Å². The van der Waals surface area contributed by atoms with E-state index < -0.39 is 11.6 Å². The molecule has 1 fully saturated rings. The molecule has 2 heterocycles. The maximum Gasteiger partial charge on any atom is 0.325 e. The fourth-order valence-corrected chi connectivity index (χ4v) is 4.31. The summed E-state index contributed by atoms with van der Waals surface area (Å²) in [6.07, 6.45) is 4.78. The number of imide groups is 1. The van der Waals surface area contributed by atoms with Gasteiger partial charge in [-0.05, 0) is 67.1 Å². The quantitative estimate of drug-likeness (QED) is 0.631. The number of aromatic nitrogens is 1. The van der Waals surface area contributed by atoms with Gasteiger partial charge in [-0.3, -0.25) is 9.69 Å². The smallest absolute Gasteiger partial charge is 0.325 e. The second-order valence-corrected chi connectivity index (χ2v) is 8.35. The number of carbonyl (C=O) groups excluding carboxylic acids is 2. The Hall–Kier alpha value is -3.12. The third-order valence-electron chi connectivity index (χ3n) is 5.93. The molecule has 1 aliphatic carbocycles. The van der Waals surface area contributed by atoms with Crippen LogP contribution < -0.4 is 5.32 Å². The number of nitrogens with zero attached hydrogens (tertiary/aromatic N) is 2. The third kappa shape index (κ3) is 3.08. The summed E-state index contributed by atoms with van der Waals surface area (Å²) in [5.74, 6) is 0.536. The highest BCUT2D eigenvalue weighted by Gasteiger charge is 2.49. The van der Waals surface area contributed by atoms with E-state index in [0.29, 0.717) is 16.7 Å². The van der Waals surface area contributed by atoms with E-state index in [4.69, 9.17) is 16.0 Å². The summed E-state index contributed by atoms with van der Waals surface area (Å²) in [5, 5.41) is 3.48. The average Bonchev–Trinajstić information content (AvgIpc) is 3.44. The molecule has 3 aromatic rings. The number of halogens is 1. The van der Waals surface area contributed by atoms with E-state index in [2.05, 4.69) is 16.4 Å². The molecule has 1 unspecified atom stereocenters. The molecule has 0 spiro atoms. The molecule has 1 atom stereocenters. The van der Waals surface area contributed by atoms with Crippen molar-refractivity contribution in [2.45, 2.75) is 38.3 Å². The SMILES string of the molecule is CC1(c2ccc3c(c2)CCC3)NC(=O)N(Cc2ncc(-c3ccc(Cl)cc3)o2)C1=O. The van der Waals surface area contributed by atoms with Crippen LogP contribution >= 0.6 is 11.6 Å². The minimum Gasteiger partial charge on any atom is -0.439 e. The van der Waals surface area contributed by atoms with E-state index in [0.717, 1.165) is 35.3 Å². The van der Waals surface area contributed by atoms with Crippen LogP contribution in [0.2, 0.25) is 5.02 Å². The van der Waals surface area contributed by atoms with E-state index in [1.54, 1.807) is 25.3 Å². The number of amides is 3. The zero-order valence-electron chi connectivity index (χ0n) is 16.4. The maximum absolute atomic E-state index is 13.2. The normalized spacial score (nSPS) is 20.5. The number of hydrogen-bond acceptors (Lipinski definition) is 4. The Balaban J connectivity index is 1.38. The van der Waals surface area contributed by atoms with Gasteiger partial charge in [-0.1, -0.05) is 29.8 Å². The van der Waals surface area contributed by atoms with Crippen molar-refractivity contribution >= 4 is 23.5 Å². The van der Waals surface area contributed by atoms with Crippen molar-refractivity contribution in [3.05, 3.63) is 76.3 Å². The number of hydrogen-bond donors (Lipinski definition) is 1. The Kier molecular flexibility index (Phi) is 4.40. The Bertz CT molecular complexity index is 1150. The second kappa shape index (κ2) is 6.99. The van der Waals surface area contributed by atoms with E-state index in [1.165, 1.54) is 11.1 Å². The minimum atomic E-state index is -1.10. The Morgan fingerprint density at radius 1 is 1.13 bits per heavy atom. The number of carbonyl (C=O) groups is 2. The number of oxazole rings is 1. The fourth-order valence-electron chi connectivity index (χ4n) is 4.19. The highest BCUT2D eigenvalue weighted by Crippen LogP contribution is 2.33. The van der Waals surface area contributed by atoms with Gasteiger partial charge in [-0.2, -0.15) is 0 Å². The van der Waals surface area contributed by atoms with Gasteiger partial charge in [0.1, 0.15) is 12.1 Å². The molecular formula is C23H20ClN3O3. The van der Waals surface area contributed by atoms with Crippen LogP contribution in [-0.4, -0.2) is 21.8 Å². The lowest BCUT2D eigenvalue weighted by atomic mass is 9.90. The van der Waals surface area contributed by atoms with Crippen molar-refractivity contribution in [1.29, 1.82) is 0 Å². The van der Waals surface area contributed by atoms with Crippen LogP contribution in [0.25, 0.3) is 11.3 Å². The fraction of sp³-hybridized carbons (Fsp3) is 0.261. The Labute approximate surface area is 178 Å². The molecule has 1 saturated heterocycles. The molecule has 2 aliphatic rings.